The molecule has 3 rings (SSSR count). The third-order valence-electron chi connectivity index (χ3n) is 3.38. The van der Waals surface area contributed by atoms with E-state index in [1.165, 1.54) is 0 Å². The zero-order chi connectivity index (χ0) is 16.2. The summed E-state index contributed by atoms with van der Waals surface area (Å²) in [4.78, 5) is 9.62. The second-order valence-electron chi connectivity index (χ2n) is 5.09. The first-order valence-electron chi connectivity index (χ1n) is 7.18. The number of halogens is 1. The highest BCUT2D eigenvalue weighted by molar-refractivity contribution is 14.0. The fourth-order valence-electron chi connectivity index (χ4n) is 2.18. The first-order valence-corrected chi connectivity index (χ1v) is 8.06. The summed E-state index contributed by atoms with van der Waals surface area (Å²) in [6.07, 6.45) is 6.77. The maximum absolute atomic E-state index is 10.1. The molecule has 3 aromatic heterocycles. The van der Waals surface area contributed by atoms with Crippen molar-refractivity contribution in [3.05, 3.63) is 41.4 Å². The van der Waals surface area contributed by atoms with E-state index < -0.39 is 6.10 Å². The van der Waals surface area contributed by atoms with Crippen LogP contribution in [0.3, 0.4) is 0 Å². The lowest BCUT2D eigenvalue weighted by Crippen LogP contribution is -2.39. The van der Waals surface area contributed by atoms with Crippen molar-refractivity contribution in [3.8, 4) is 0 Å². The Kier molecular flexibility index (Phi) is 6.57. The molecule has 0 aliphatic heterocycles. The van der Waals surface area contributed by atoms with E-state index in [-0.39, 0.29) is 24.0 Å². The maximum Gasteiger partial charge on any atom is 0.193 e. The highest BCUT2D eigenvalue weighted by atomic mass is 127. The van der Waals surface area contributed by atoms with Crippen molar-refractivity contribution in [1.29, 1.82) is 0 Å². The number of fused-ring (bicyclic) bond motifs is 1. The molecule has 10 heteroatoms. The number of aliphatic hydroxyl groups is 1. The average Bonchev–Trinajstić information content (AvgIpc) is 3.22. The van der Waals surface area contributed by atoms with E-state index in [9.17, 15) is 5.11 Å². The molecular weight excluding hydrogens is 441 g/mol. The number of hydrogen-bond acceptors (Lipinski definition) is 5. The van der Waals surface area contributed by atoms with Gasteiger partial charge in [0.1, 0.15) is 0 Å². The van der Waals surface area contributed by atoms with Crippen LogP contribution in [0.15, 0.2) is 35.2 Å². The number of imidazole rings is 1. The van der Waals surface area contributed by atoms with Gasteiger partial charge < -0.3 is 15.7 Å². The van der Waals surface area contributed by atoms with Crippen LogP contribution in [0.1, 0.15) is 17.4 Å². The lowest BCUT2D eigenvalue weighted by Gasteiger charge is -2.14. The number of rotatable bonds is 5. The summed E-state index contributed by atoms with van der Waals surface area (Å²) in [6.45, 7) is 0.917. The Morgan fingerprint density at radius 3 is 2.92 bits per heavy atom. The van der Waals surface area contributed by atoms with Gasteiger partial charge in [0.15, 0.2) is 10.9 Å². The second-order valence-corrected chi connectivity index (χ2v) is 5.97. The molecule has 3 N–H and O–H groups in total. The van der Waals surface area contributed by atoms with Crippen LogP contribution in [0.5, 0.6) is 0 Å². The van der Waals surface area contributed by atoms with Crippen molar-refractivity contribution in [2.24, 2.45) is 12.0 Å². The van der Waals surface area contributed by atoms with Crippen LogP contribution < -0.4 is 10.6 Å². The van der Waals surface area contributed by atoms with E-state index in [1.807, 2.05) is 29.2 Å². The number of guanidine groups is 1. The third kappa shape index (κ3) is 4.45. The van der Waals surface area contributed by atoms with Crippen molar-refractivity contribution in [3.63, 3.8) is 0 Å². The molecule has 3 heterocycles. The Morgan fingerprint density at radius 1 is 1.42 bits per heavy atom. The first kappa shape index (κ1) is 18.7. The van der Waals surface area contributed by atoms with E-state index in [4.69, 9.17) is 0 Å². The average molecular weight is 461 g/mol. The van der Waals surface area contributed by atoms with Gasteiger partial charge in [0, 0.05) is 50.2 Å². The Labute approximate surface area is 160 Å². The van der Waals surface area contributed by atoms with Gasteiger partial charge in [0.05, 0.1) is 24.5 Å². The number of hydrogen-bond donors (Lipinski definition) is 3. The molecular formula is C14H20IN7OS. The Bertz CT molecular complexity index is 780. The molecule has 0 spiro atoms. The summed E-state index contributed by atoms with van der Waals surface area (Å²) in [7, 11) is 3.51. The smallest absolute Gasteiger partial charge is 0.193 e. The molecule has 0 saturated carbocycles. The topological polar surface area (TPSA) is 91.8 Å². The predicted molar refractivity (Wildman–Crippen MR) is 105 cm³/mol. The van der Waals surface area contributed by atoms with Gasteiger partial charge >= 0.3 is 0 Å². The van der Waals surface area contributed by atoms with Gasteiger partial charge in [-0.1, -0.05) is 0 Å². The zero-order valence-electron chi connectivity index (χ0n) is 13.4. The van der Waals surface area contributed by atoms with Crippen molar-refractivity contribution in [1.82, 2.24) is 29.8 Å². The molecule has 24 heavy (non-hydrogen) atoms. The lowest BCUT2D eigenvalue weighted by atomic mass is 10.2. The fraction of sp³-hybridized carbons (Fsp3) is 0.357. The Hall–Kier alpha value is -1.66. The number of aliphatic hydroxyl groups excluding tert-OH is 1. The molecule has 130 valence electrons. The maximum atomic E-state index is 10.1. The fourth-order valence-corrected chi connectivity index (χ4v) is 2.90. The Balaban J connectivity index is 0.00000208. The zero-order valence-corrected chi connectivity index (χ0v) is 16.5. The van der Waals surface area contributed by atoms with Crippen LogP contribution in [0, 0.1) is 0 Å². The van der Waals surface area contributed by atoms with E-state index >= 15 is 0 Å². The van der Waals surface area contributed by atoms with Crippen molar-refractivity contribution in [2.75, 3.05) is 13.6 Å². The molecule has 8 nitrogen and oxygen atoms in total. The number of nitrogens with one attached hydrogen (secondary N) is 2. The molecule has 0 fully saturated rings. The lowest BCUT2D eigenvalue weighted by molar-refractivity contribution is 0.180. The predicted octanol–water partition coefficient (Wildman–Crippen LogP) is 1.15. The van der Waals surface area contributed by atoms with Gasteiger partial charge in [0.2, 0.25) is 0 Å². The number of aryl methyl sites for hydroxylation is 1. The van der Waals surface area contributed by atoms with Crippen molar-refractivity contribution in [2.45, 2.75) is 12.6 Å². The van der Waals surface area contributed by atoms with Gasteiger partial charge in [-0.25, -0.2) is 4.98 Å². The number of aromatic nitrogens is 4. The highest BCUT2D eigenvalue weighted by Crippen LogP contribution is 2.11. The van der Waals surface area contributed by atoms with E-state index in [0.717, 1.165) is 16.2 Å². The summed E-state index contributed by atoms with van der Waals surface area (Å²) >= 11 is 1.60. The molecule has 0 aromatic carbocycles. The molecule has 0 aliphatic rings. The van der Waals surface area contributed by atoms with Gasteiger partial charge in [-0.2, -0.15) is 5.10 Å². The summed E-state index contributed by atoms with van der Waals surface area (Å²) < 4.78 is 3.65. The summed E-state index contributed by atoms with van der Waals surface area (Å²) in [5, 5.41) is 22.4. The van der Waals surface area contributed by atoms with Gasteiger partial charge in [0.25, 0.3) is 0 Å². The van der Waals surface area contributed by atoms with E-state index in [1.54, 1.807) is 35.5 Å². The minimum atomic E-state index is -0.639. The standard InChI is InChI=1S/C14H19N7OS.HI/c1-15-13(17-7-12(22)10-5-18-20(2)8-10)16-6-11-9-21-3-4-23-14(21)19-11;/h3-5,8-9,12,22H,6-7H2,1-2H3,(H2,15,16,17);1H. The van der Waals surface area contributed by atoms with Gasteiger partial charge in [-0.05, 0) is 0 Å². The van der Waals surface area contributed by atoms with E-state index in [0.29, 0.717) is 19.0 Å². The van der Waals surface area contributed by atoms with Crippen molar-refractivity contribution >= 4 is 46.2 Å². The minimum absolute atomic E-state index is 0. The van der Waals surface area contributed by atoms with Crippen LogP contribution in [0.4, 0.5) is 0 Å². The van der Waals surface area contributed by atoms with Crippen LogP contribution in [0.2, 0.25) is 0 Å². The quantitative estimate of drug-likeness (QED) is 0.301. The molecule has 1 atom stereocenters. The normalized spacial score (nSPS) is 12.9. The molecule has 3 aromatic rings. The molecule has 1 unspecified atom stereocenters. The van der Waals surface area contributed by atoms with Crippen LogP contribution >= 0.6 is 35.3 Å². The van der Waals surface area contributed by atoms with Crippen LogP contribution in [0.25, 0.3) is 4.96 Å². The Morgan fingerprint density at radius 2 is 2.25 bits per heavy atom. The van der Waals surface area contributed by atoms with E-state index in [2.05, 4.69) is 25.7 Å². The molecule has 0 bridgehead atoms. The van der Waals surface area contributed by atoms with Crippen LogP contribution in [-0.2, 0) is 13.6 Å². The SMILES string of the molecule is CN=C(NCc1cn2ccsc2n1)NCC(O)c1cnn(C)c1.I. The van der Waals surface area contributed by atoms with Gasteiger partial charge in [-0.15, -0.1) is 35.3 Å². The number of aliphatic imine (C=N–C) groups is 1. The molecule has 0 amide bonds. The summed E-state index contributed by atoms with van der Waals surface area (Å²) in [6, 6.07) is 0. The van der Waals surface area contributed by atoms with Gasteiger partial charge in [-0.3, -0.25) is 14.1 Å². The van der Waals surface area contributed by atoms with Crippen molar-refractivity contribution < 1.29 is 5.11 Å². The number of nitrogens with zero attached hydrogens (tertiary/aromatic N) is 5. The largest absolute Gasteiger partial charge is 0.386 e. The minimum Gasteiger partial charge on any atom is -0.386 e. The molecule has 0 radical (unpaired) electrons. The monoisotopic (exact) mass is 461 g/mol. The number of thiazole rings is 1. The first-order chi connectivity index (χ1) is 11.2. The van der Waals surface area contributed by atoms with Crippen LogP contribution in [-0.4, -0.2) is 43.8 Å². The summed E-state index contributed by atoms with van der Waals surface area (Å²) in [5.74, 6) is 0.615. The molecule has 0 saturated heterocycles. The highest BCUT2D eigenvalue weighted by Gasteiger charge is 2.10. The molecule has 0 aliphatic carbocycles. The third-order valence-corrected chi connectivity index (χ3v) is 4.15. The summed E-state index contributed by atoms with van der Waals surface area (Å²) in [5.41, 5.74) is 1.71. The second kappa shape index (κ2) is 8.44.